The minimum absolute atomic E-state index is 0.00411. The Morgan fingerprint density at radius 3 is 2.70 bits per heavy atom. The largest absolute Gasteiger partial charge is 0.476 e. The fourth-order valence-corrected chi connectivity index (χ4v) is 3.25. The van der Waals surface area contributed by atoms with E-state index in [0.717, 1.165) is 44.8 Å². The molecule has 1 N–H and O–H groups in total. The zero-order valence-corrected chi connectivity index (χ0v) is 11.4. The third-order valence-electron chi connectivity index (χ3n) is 4.26. The Labute approximate surface area is 117 Å². The van der Waals surface area contributed by atoms with E-state index >= 15 is 0 Å². The molecule has 20 heavy (non-hydrogen) atoms. The van der Waals surface area contributed by atoms with E-state index in [2.05, 4.69) is 14.9 Å². The molecule has 108 valence electrons. The van der Waals surface area contributed by atoms with Gasteiger partial charge in [-0.05, 0) is 31.6 Å². The molecule has 0 saturated carbocycles. The molecule has 1 atom stereocenters. The van der Waals surface area contributed by atoms with Gasteiger partial charge in [0.15, 0.2) is 5.69 Å². The summed E-state index contributed by atoms with van der Waals surface area (Å²) in [7, 11) is 0. The highest BCUT2D eigenvalue weighted by atomic mass is 16.5. The van der Waals surface area contributed by atoms with Crippen molar-refractivity contribution in [1.82, 2.24) is 9.97 Å². The molecule has 2 aliphatic rings. The van der Waals surface area contributed by atoms with E-state index in [9.17, 15) is 4.79 Å². The van der Waals surface area contributed by atoms with Crippen LogP contribution in [0.2, 0.25) is 0 Å². The summed E-state index contributed by atoms with van der Waals surface area (Å²) in [4.78, 5) is 21.4. The van der Waals surface area contributed by atoms with Gasteiger partial charge in [-0.2, -0.15) is 0 Å². The maximum absolute atomic E-state index is 10.8. The molecule has 0 aromatic carbocycles. The second kappa shape index (κ2) is 5.75. The van der Waals surface area contributed by atoms with Gasteiger partial charge in [0.2, 0.25) is 0 Å². The number of carbonyl (C=O) groups is 1. The molecule has 2 saturated heterocycles. The van der Waals surface area contributed by atoms with E-state index in [1.165, 1.54) is 12.6 Å². The first-order chi connectivity index (χ1) is 9.75. The van der Waals surface area contributed by atoms with Crippen molar-refractivity contribution in [1.29, 1.82) is 0 Å². The molecule has 6 nitrogen and oxygen atoms in total. The van der Waals surface area contributed by atoms with Crippen LogP contribution in [0.5, 0.6) is 0 Å². The topological polar surface area (TPSA) is 75.5 Å². The van der Waals surface area contributed by atoms with Crippen LogP contribution < -0.4 is 4.90 Å². The molecule has 0 radical (unpaired) electrons. The van der Waals surface area contributed by atoms with E-state index in [-0.39, 0.29) is 5.69 Å². The smallest absolute Gasteiger partial charge is 0.356 e. The van der Waals surface area contributed by atoms with Gasteiger partial charge in [-0.25, -0.2) is 14.8 Å². The molecule has 3 heterocycles. The van der Waals surface area contributed by atoms with Gasteiger partial charge in [-0.3, -0.25) is 0 Å². The summed E-state index contributed by atoms with van der Waals surface area (Å²) < 4.78 is 5.43. The lowest BCUT2D eigenvalue weighted by Crippen LogP contribution is -2.38. The maximum atomic E-state index is 10.8. The van der Waals surface area contributed by atoms with Crippen LogP contribution >= 0.6 is 0 Å². The van der Waals surface area contributed by atoms with Gasteiger partial charge in [0.25, 0.3) is 0 Å². The van der Waals surface area contributed by atoms with Gasteiger partial charge in [0, 0.05) is 25.8 Å². The van der Waals surface area contributed by atoms with Crippen molar-refractivity contribution in [2.45, 2.75) is 31.7 Å². The number of carboxylic acid groups (broad SMARTS) is 1. The van der Waals surface area contributed by atoms with Crippen LogP contribution in [0.4, 0.5) is 5.82 Å². The van der Waals surface area contributed by atoms with Crippen LogP contribution in [0.25, 0.3) is 0 Å². The van der Waals surface area contributed by atoms with Crippen LogP contribution in [-0.2, 0) is 4.74 Å². The van der Waals surface area contributed by atoms with Crippen LogP contribution in [-0.4, -0.2) is 46.8 Å². The number of hydrogen-bond acceptors (Lipinski definition) is 5. The van der Waals surface area contributed by atoms with Gasteiger partial charge in [-0.1, -0.05) is 0 Å². The number of ether oxygens (including phenoxy) is 1. The Bertz CT molecular complexity index is 471. The molecule has 2 aliphatic heterocycles. The SMILES string of the molecule is O=C(O)c1cnc(N2CCCC2C2CCOCC2)cn1. The molecule has 0 bridgehead atoms. The second-order valence-electron chi connectivity index (χ2n) is 5.42. The van der Waals surface area contributed by atoms with Gasteiger partial charge < -0.3 is 14.7 Å². The van der Waals surface area contributed by atoms with Crippen molar-refractivity contribution in [3.63, 3.8) is 0 Å². The Morgan fingerprint density at radius 1 is 1.25 bits per heavy atom. The molecule has 0 spiro atoms. The van der Waals surface area contributed by atoms with Gasteiger partial charge in [-0.15, -0.1) is 0 Å². The Balaban J connectivity index is 1.75. The lowest BCUT2D eigenvalue weighted by Gasteiger charge is -2.34. The number of hydrogen-bond donors (Lipinski definition) is 1. The van der Waals surface area contributed by atoms with Crippen molar-refractivity contribution in [2.24, 2.45) is 5.92 Å². The summed E-state index contributed by atoms with van der Waals surface area (Å²) in [5.41, 5.74) is -0.00411. The third-order valence-corrected chi connectivity index (χ3v) is 4.26. The predicted octanol–water partition coefficient (Wildman–Crippen LogP) is 1.57. The number of aromatic nitrogens is 2. The highest BCUT2D eigenvalue weighted by Gasteiger charge is 2.33. The van der Waals surface area contributed by atoms with E-state index in [1.807, 2.05) is 0 Å². The molecule has 1 aromatic heterocycles. The quantitative estimate of drug-likeness (QED) is 0.904. The molecule has 0 aliphatic carbocycles. The van der Waals surface area contributed by atoms with Crippen molar-refractivity contribution in [2.75, 3.05) is 24.7 Å². The summed E-state index contributed by atoms with van der Waals surface area (Å²) in [6, 6.07) is 0.490. The number of carboxylic acids is 1. The number of nitrogens with zero attached hydrogens (tertiary/aromatic N) is 3. The van der Waals surface area contributed by atoms with E-state index in [4.69, 9.17) is 9.84 Å². The molecule has 6 heteroatoms. The highest BCUT2D eigenvalue weighted by molar-refractivity contribution is 5.84. The maximum Gasteiger partial charge on any atom is 0.356 e. The third kappa shape index (κ3) is 2.60. The number of anilines is 1. The zero-order chi connectivity index (χ0) is 13.9. The molecular formula is C14H19N3O3. The van der Waals surface area contributed by atoms with E-state index < -0.39 is 5.97 Å². The first-order valence-electron chi connectivity index (χ1n) is 7.15. The van der Waals surface area contributed by atoms with Crippen molar-refractivity contribution in [3.05, 3.63) is 18.1 Å². The van der Waals surface area contributed by atoms with Gasteiger partial charge in [0.05, 0.1) is 12.4 Å². The minimum atomic E-state index is -1.04. The lowest BCUT2D eigenvalue weighted by atomic mass is 9.90. The molecule has 3 rings (SSSR count). The first kappa shape index (κ1) is 13.3. The van der Waals surface area contributed by atoms with Crippen LogP contribution in [0, 0.1) is 5.92 Å². The summed E-state index contributed by atoms with van der Waals surface area (Å²) in [5, 5.41) is 8.87. The van der Waals surface area contributed by atoms with Crippen LogP contribution in [0.3, 0.4) is 0 Å². The Morgan fingerprint density at radius 2 is 2.05 bits per heavy atom. The Hall–Kier alpha value is -1.69. The van der Waals surface area contributed by atoms with Crippen LogP contribution in [0.1, 0.15) is 36.2 Å². The predicted molar refractivity (Wildman–Crippen MR) is 72.9 cm³/mol. The normalized spacial score (nSPS) is 24.0. The second-order valence-corrected chi connectivity index (χ2v) is 5.42. The first-order valence-corrected chi connectivity index (χ1v) is 7.15. The molecule has 1 aromatic rings. The van der Waals surface area contributed by atoms with Gasteiger partial charge in [0.1, 0.15) is 5.82 Å². The summed E-state index contributed by atoms with van der Waals surface area (Å²) in [5.74, 6) is 0.405. The molecular weight excluding hydrogens is 258 g/mol. The van der Waals surface area contributed by atoms with Crippen molar-refractivity contribution >= 4 is 11.8 Å². The van der Waals surface area contributed by atoms with E-state index in [1.54, 1.807) is 6.20 Å². The number of aromatic carboxylic acids is 1. The molecule has 2 fully saturated rings. The van der Waals surface area contributed by atoms with Crippen molar-refractivity contribution < 1.29 is 14.6 Å². The summed E-state index contributed by atoms with van der Waals surface area (Å²) >= 11 is 0. The molecule has 1 unspecified atom stereocenters. The zero-order valence-electron chi connectivity index (χ0n) is 11.4. The minimum Gasteiger partial charge on any atom is -0.476 e. The van der Waals surface area contributed by atoms with Crippen molar-refractivity contribution in [3.8, 4) is 0 Å². The fraction of sp³-hybridized carbons (Fsp3) is 0.643. The fourth-order valence-electron chi connectivity index (χ4n) is 3.25. The highest BCUT2D eigenvalue weighted by Crippen LogP contribution is 2.32. The van der Waals surface area contributed by atoms with Gasteiger partial charge >= 0.3 is 5.97 Å². The molecule has 0 amide bonds. The summed E-state index contributed by atoms with van der Waals surface area (Å²) in [6.07, 6.45) is 7.46. The lowest BCUT2D eigenvalue weighted by molar-refractivity contribution is 0.0588. The number of rotatable bonds is 3. The summed E-state index contributed by atoms with van der Waals surface area (Å²) in [6.45, 7) is 2.67. The monoisotopic (exact) mass is 277 g/mol. The average molecular weight is 277 g/mol. The van der Waals surface area contributed by atoms with E-state index in [0.29, 0.717) is 12.0 Å². The standard InChI is InChI=1S/C14H19N3O3/c18-14(19)11-8-16-13(9-15-11)17-5-1-2-12(17)10-3-6-20-7-4-10/h8-10,12H,1-7H2,(H,18,19). The van der Waals surface area contributed by atoms with Crippen LogP contribution in [0.15, 0.2) is 12.4 Å². The average Bonchev–Trinajstić information content (AvgIpc) is 2.97. The Kier molecular flexibility index (Phi) is 3.82.